The molecule has 34 heavy (non-hydrogen) atoms. The van der Waals surface area contributed by atoms with Gasteiger partial charge in [-0.1, -0.05) is 31.7 Å². The second-order valence-electron chi connectivity index (χ2n) is 8.24. The van der Waals surface area contributed by atoms with Crippen molar-refractivity contribution in [3.63, 3.8) is 0 Å². The largest absolute Gasteiger partial charge is 0.486 e. The number of fused-ring (bicyclic) bond motifs is 1. The normalized spacial score (nSPS) is 13.4. The van der Waals surface area contributed by atoms with Crippen molar-refractivity contribution in [2.75, 3.05) is 24.3 Å². The molecule has 2 aromatic carbocycles. The van der Waals surface area contributed by atoms with Gasteiger partial charge in [0.25, 0.3) is 5.91 Å². The van der Waals surface area contributed by atoms with Gasteiger partial charge in [0.1, 0.15) is 19.5 Å². The summed E-state index contributed by atoms with van der Waals surface area (Å²) in [6.45, 7) is 5.16. The van der Waals surface area contributed by atoms with Crippen molar-refractivity contribution in [2.45, 2.75) is 25.0 Å². The number of carbonyl (C=O) groups excluding carboxylic acids is 2. The molecule has 1 aromatic heterocycles. The van der Waals surface area contributed by atoms with E-state index in [0.29, 0.717) is 35.4 Å². The van der Waals surface area contributed by atoms with E-state index in [0.717, 1.165) is 11.3 Å². The Bertz CT molecular complexity index is 1160. The van der Waals surface area contributed by atoms with Crippen molar-refractivity contribution in [3.05, 3.63) is 59.9 Å². The van der Waals surface area contributed by atoms with Gasteiger partial charge in [-0.15, -0.1) is 10.2 Å². The highest BCUT2D eigenvalue weighted by Crippen LogP contribution is 2.34. The third-order valence-electron chi connectivity index (χ3n) is 5.31. The summed E-state index contributed by atoms with van der Waals surface area (Å²) in [4.78, 5) is 25.2. The van der Waals surface area contributed by atoms with Crippen LogP contribution in [0.4, 0.5) is 5.69 Å². The van der Waals surface area contributed by atoms with Gasteiger partial charge in [-0.3, -0.25) is 9.59 Å². The van der Waals surface area contributed by atoms with Crippen LogP contribution in [-0.4, -0.2) is 45.5 Å². The molecule has 4 rings (SSSR count). The van der Waals surface area contributed by atoms with Crippen molar-refractivity contribution >= 4 is 29.3 Å². The Morgan fingerprint density at radius 1 is 1.09 bits per heavy atom. The number of hydrogen-bond acceptors (Lipinski definition) is 7. The van der Waals surface area contributed by atoms with Crippen LogP contribution in [0.5, 0.6) is 11.5 Å². The summed E-state index contributed by atoms with van der Waals surface area (Å²) in [5.74, 6) is 1.43. The summed E-state index contributed by atoms with van der Waals surface area (Å²) >= 11 is 1.30. The number of aryl methyl sites for hydroxylation is 1. The first-order chi connectivity index (χ1) is 16.4. The van der Waals surface area contributed by atoms with Gasteiger partial charge in [-0.2, -0.15) is 0 Å². The first-order valence-electron chi connectivity index (χ1n) is 11.0. The molecule has 0 aliphatic carbocycles. The first-order valence-corrected chi connectivity index (χ1v) is 12.0. The van der Waals surface area contributed by atoms with Crippen LogP contribution in [0.15, 0.2) is 53.9 Å². The maximum absolute atomic E-state index is 12.9. The fourth-order valence-electron chi connectivity index (χ4n) is 3.55. The summed E-state index contributed by atoms with van der Waals surface area (Å²) in [6.07, 6.45) is 1.58. The van der Waals surface area contributed by atoms with Crippen molar-refractivity contribution in [2.24, 2.45) is 13.0 Å². The number of ether oxygens (including phenoxy) is 2. The number of anilines is 1. The molecule has 1 aliphatic rings. The second-order valence-corrected chi connectivity index (χ2v) is 9.18. The second kappa shape index (κ2) is 10.6. The molecule has 2 N–H and O–H groups in total. The average molecular weight is 482 g/mol. The van der Waals surface area contributed by atoms with E-state index in [4.69, 9.17) is 9.47 Å². The molecule has 0 unspecified atom stereocenters. The SMILES string of the molecule is CC(C)[C@H](NC(=O)c1ccc(NC(=O)CSc2nncn2C)cc1)c1ccc2c(c1)OCCO2. The van der Waals surface area contributed by atoms with Crippen LogP contribution in [0.3, 0.4) is 0 Å². The molecule has 3 aromatic rings. The number of thioether (sulfide) groups is 1. The van der Waals surface area contributed by atoms with E-state index in [2.05, 4.69) is 34.7 Å². The minimum absolute atomic E-state index is 0.163. The zero-order chi connectivity index (χ0) is 24.1. The first kappa shape index (κ1) is 23.6. The van der Waals surface area contributed by atoms with Crippen LogP contribution >= 0.6 is 11.8 Å². The van der Waals surface area contributed by atoms with Gasteiger partial charge in [-0.25, -0.2) is 0 Å². The molecule has 1 atom stereocenters. The summed E-state index contributed by atoms with van der Waals surface area (Å²) in [5, 5.41) is 14.3. The molecule has 0 saturated carbocycles. The maximum Gasteiger partial charge on any atom is 0.251 e. The van der Waals surface area contributed by atoms with Crippen molar-refractivity contribution in [3.8, 4) is 11.5 Å². The highest BCUT2D eigenvalue weighted by molar-refractivity contribution is 7.99. The predicted octanol–water partition coefficient (Wildman–Crippen LogP) is 3.44. The van der Waals surface area contributed by atoms with E-state index < -0.39 is 0 Å². The lowest BCUT2D eigenvalue weighted by Gasteiger charge is -2.25. The quantitative estimate of drug-likeness (QED) is 0.475. The van der Waals surface area contributed by atoms with Crippen molar-refractivity contribution in [1.29, 1.82) is 0 Å². The lowest BCUT2D eigenvalue weighted by atomic mass is 9.95. The molecule has 0 bridgehead atoms. The van der Waals surface area contributed by atoms with E-state index in [-0.39, 0.29) is 29.5 Å². The summed E-state index contributed by atoms with van der Waals surface area (Å²) in [7, 11) is 1.82. The Labute approximate surface area is 202 Å². The van der Waals surface area contributed by atoms with Crippen LogP contribution in [-0.2, 0) is 11.8 Å². The minimum atomic E-state index is -0.194. The van der Waals surface area contributed by atoms with Gasteiger partial charge >= 0.3 is 0 Å². The number of amides is 2. The van der Waals surface area contributed by atoms with Gasteiger partial charge < -0.3 is 24.7 Å². The van der Waals surface area contributed by atoms with E-state index >= 15 is 0 Å². The van der Waals surface area contributed by atoms with Crippen molar-refractivity contribution < 1.29 is 19.1 Å². The number of nitrogens with zero attached hydrogens (tertiary/aromatic N) is 3. The molecule has 10 heteroatoms. The van der Waals surface area contributed by atoms with Gasteiger partial charge in [0.15, 0.2) is 16.7 Å². The Balaban J connectivity index is 1.36. The zero-order valence-electron chi connectivity index (χ0n) is 19.3. The van der Waals surface area contributed by atoms with Gasteiger partial charge in [0, 0.05) is 18.3 Å². The Hall–Kier alpha value is -3.53. The highest BCUT2D eigenvalue weighted by Gasteiger charge is 2.22. The molecule has 0 fully saturated rings. The Morgan fingerprint density at radius 3 is 2.50 bits per heavy atom. The van der Waals surface area contributed by atoms with Crippen LogP contribution in [0.1, 0.15) is 35.8 Å². The predicted molar refractivity (Wildman–Crippen MR) is 129 cm³/mol. The number of hydrogen-bond donors (Lipinski definition) is 2. The fourth-order valence-corrected chi connectivity index (χ4v) is 4.24. The molecule has 0 saturated heterocycles. The lowest BCUT2D eigenvalue weighted by Crippen LogP contribution is -2.32. The van der Waals surface area contributed by atoms with E-state index in [1.54, 1.807) is 35.2 Å². The number of nitrogens with one attached hydrogen (secondary N) is 2. The number of rotatable bonds is 8. The number of benzene rings is 2. The van der Waals surface area contributed by atoms with E-state index in [1.165, 1.54) is 11.8 Å². The molecule has 2 heterocycles. The number of carbonyl (C=O) groups is 2. The van der Waals surface area contributed by atoms with E-state index in [1.807, 2.05) is 25.2 Å². The molecular formula is C24H27N5O4S. The monoisotopic (exact) mass is 481 g/mol. The van der Waals surface area contributed by atoms with E-state index in [9.17, 15) is 9.59 Å². The molecule has 0 radical (unpaired) electrons. The van der Waals surface area contributed by atoms with Gasteiger partial charge in [-0.05, 0) is 47.9 Å². The highest BCUT2D eigenvalue weighted by atomic mass is 32.2. The smallest absolute Gasteiger partial charge is 0.251 e. The summed E-state index contributed by atoms with van der Waals surface area (Å²) < 4.78 is 13.0. The van der Waals surface area contributed by atoms with Crippen molar-refractivity contribution in [1.82, 2.24) is 20.1 Å². The average Bonchev–Trinajstić information content (AvgIpc) is 3.25. The summed E-state index contributed by atoms with van der Waals surface area (Å²) in [6, 6.07) is 12.4. The van der Waals surface area contributed by atoms with Crippen LogP contribution in [0.2, 0.25) is 0 Å². The molecule has 0 spiro atoms. The van der Waals surface area contributed by atoms with Crippen LogP contribution in [0, 0.1) is 5.92 Å². The Morgan fingerprint density at radius 2 is 1.82 bits per heavy atom. The number of aromatic nitrogens is 3. The lowest BCUT2D eigenvalue weighted by molar-refractivity contribution is -0.113. The zero-order valence-corrected chi connectivity index (χ0v) is 20.1. The standard InChI is InChI=1S/C24H27N5O4S/c1-15(2)22(17-6-9-19-20(12-17)33-11-10-32-19)27-23(31)16-4-7-18(8-5-16)26-21(30)13-34-24-28-25-14-29(24)3/h4-9,12,14-15,22H,10-11,13H2,1-3H3,(H,26,30)(H,27,31)/t22-/m0/s1. The maximum atomic E-state index is 12.9. The molecular weight excluding hydrogens is 454 g/mol. The topological polar surface area (TPSA) is 107 Å². The van der Waals surface area contributed by atoms with Crippen LogP contribution in [0.25, 0.3) is 0 Å². The summed E-state index contributed by atoms with van der Waals surface area (Å²) in [5.41, 5.74) is 2.08. The molecule has 9 nitrogen and oxygen atoms in total. The molecule has 1 aliphatic heterocycles. The third kappa shape index (κ3) is 5.69. The molecule has 178 valence electrons. The molecule has 2 amide bonds. The Kier molecular flexibility index (Phi) is 7.36. The van der Waals surface area contributed by atoms with Crippen LogP contribution < -0.4 is 20.1 Å². The van der Waals surface area contributed by atoms with Gasteiger partial charge in [0.05, 0.1) is 11.8 Å². The fraction of sp³-hybridized carbons (Fsp3) is 0.333. The minimum Gasteiger partial charge on any atom is -0.486 e. The van der Waals surface area contributed by atoms with Gasteiger partial charge in [0.2, 0.25) is 5.91 Å². The third-order valence-corrected chi connectivity index (χ3v) is 6.35.